The normalized spacial score (nSPS) is 22.3. The van der Waals surface area contributed by atoms with E-state index in [1.54, 1.807) is 0 Å². The summed E-state index contributed by atoms with van der Waals surface area (Å²) >= 11 is 0. The van der Waals surface area contributed by atoms with Crippen molar-refractivity contribution in [2.75, 3.05) is 6.54 Å². The number of nitrogens with zero attached hydrogens (tertiary/aromatic N) is 2. The molecule has 0 saturated heterocycles. The number of fused-ring (bicyclic) bond motifs is 2. The van der Waals surface area contributed by atoms with Crippen molar-refractivity contribution in [2.45, 2.75) is 57.8 Å². The van der Waals surface area contributed by atoms with Gasteiger partial charge in [-0.1, -0.05) is 42.5 Å². The van der Waals surface area contributed by atoms with Gasteiger partial charge in [0, 0.05) is 25.8 Å². The molecular weight excluding hydrogens is 362 g/mol. The third-order valence-corrected chi connectivity index (χ3v) is 6.28. The molecule has 2 aliphatic rings. The van der Waals surface area contributed by atoms with Crippen molar-refractivity contribution in [1.29, 1.82) is 0 Å². The molecule has 5 nitrogen and oxygen atoms in total. The molecule has 1 saturated carbocycles. The third kappa shape index (κ3) is 5.78. The number of carbonyl (C=O) groups is 1. The third-order valence-electron chi connectivity index (χ3n) is 6.28. The lowest BCUT2D eigenvalue weighted by molar-refractivity contribution is -0.121. The van der Waals surface area contributed by atoms with Gasteiger partial charge in [0.1, 0.15) is 0 Å². The molecule has 1 amide bonds. The summed E-state index contributed by atoms with van der Waals surface area (Å²) in [6.07, 6.45) is 13.4. The van der Waals surface area contributed by atoms with Gasteiger partial charge in [0.25, 0.3) is 0 Å². The quantitative estimate of drug-likeness (QED) is 0.457. The summed E-state index contributed by atoms with van der Waals surface area (Å²) in [5.74, 6) is 3.62. The van der Waals surface area contributed by atoms with Gasteiger partial charge in [0.05, 0.1) is 0 Å². The lowest BCUT2D eigenvalue weighted by atomic mass is 9.91. The fourth-order valence-electron chi connectivity index (χ4n) is 4.67. The Labute approximate surface area is 173 Å². The first-order valence-electron chi connectivity index (χ1n) is 11.1. The molecule has 5 heteroatoms. The molecule has 0 radical (unpaired) electrons. The number of allylic oxidation sites excluding steroid dienone is 2. The number of rotatable bonds is 11. The van der Waals surface area contributed by atoms with Crippen molar-refractivity contribution in [1.82, 2.24) is 15.5 Å². The van der Waals surface area contributed by atoms with Gasteiger partial charge in [-0.05, 0) is 61.8 Å². The number of amides is 1. The molecule has 0 aliphatic heterocycles. The van der Waals surface area contributed by atoms with Crippen LogP contribution in [0.2, 0.25) is 0 Å². The molecule has 29 heavy (non-hydrogen) atoms. The van der Waals surface area contributed by atoms with Crippen LogP contribution >= 0.6 is 0 Å². The van der Waals surface area contributed by atoms with Crippen molar-refractivity contribution in [2.24, 2.45) is 17.8 Å². The Bertz CT molecular complexity index is 815. The van der Waals surface area contributed by atoms with Crippen LogP contribution in [0, 0.1) is 17.8 Å². The minimum Gasteiger partial charge on any atom is -0.425 e. The van der Waals surface area contributed by atoms with Gasteiger partial charge in [-0.25, -0.2) is 0 Å². The van der Waals surface area contributed by atoms with Crippen LogP contribution in [0.15, 0.2) is 46.9 Å². The van der Waals surface area contributed by atoms with E-state index in [-0.39, 0.29) is 5.91 Å². The Hall–Kier alpha value is -2.43. The smallest absolute Gasteiger partial charge is 0.220 e. The zero-order valence-corrected chi connectivity index (χ0v) is 17.1. The summed E-state index contributed by atoms with van der Waals surface area (Å²) in [7, 11) is 0. The van der Waals surface area contributed by atoms with Gasteiger partial charge in [-0.15, -0.1) is 10.2 Å². The number of nitrogens with one attached hydrogen (secondary N) is 1. The molecular formula is C24H31N3O2. The van der Waals surface area contributed by atoms with E-state index in [4.69, 9.17) is 4.42 Å². The monoisotopic (exact) mass is 393 g/mol. The summed E-state index contributed by atoms with van der Waals surface area (Å²) in [6.45, 7) is 0.775. The molecule has 1 N–H and O–H groups in total. The van der Waals surface area contributed by atoms with Gasteiger partial charge in [0.2, 0.25) is 17.7 Å². The number of carbonyl (C=O) groups excluding carboxylic acids is 1. The largest absolute Gasteiger partial charge is 0.425 e. The number of hydrogen-bond acceptors (Lipinski definition) is 4. The molecule has 3 atom stereocenters. The van der Waals surface area contributed by atoms with E-state index in [0.717, 1.165) is 56.4 Å². The van der Waals surface area contributed by atoms with Crippen LogP contribution in [0.25, 0.3) is 0 Å². The van der Waals surface area contributed by atoms with Crippen molar-refractivity contribution in [3.8, 4) is 0 Å². The van der Waals surface area contributed by atoms with E-state index < -0.39 is 0 Å². The first kappa shape index (κ1) is 19.9. The lowest BCUT2D eigenvalue weighted by Crippen LogP contribution is -2.26. The summed E-state index contributed by atoms with van der Waals surface area (Å²) < 4.78 is 5.70. The highest BCUT2D eigenvalue weighted by molar-refractivity contribution is 5.75. The van der Waals surface area contributed by atoms with E-state index in [9.17, 15) is 4.79 Å². The zero-order chi connectivity index (χ0) is 19.9. The Morgan fingerprint density at radius 3 is 2.55 bits per heavy atom. The molecule has 1 aromatic carbocycles. The number of aromatic nitrogens is 2. The average molecular weight is 394 g/mol. The number of aryl methyl sites for hydroxylation is 3. The topological polar surface area (TPSA) is 68.0 Å². The molecule has 0 spiro atoms. The second-order valence-corrected chi connectivity index (χ2v) is 8.46. The summed E-state index contributed by atoms with van der Waals surface area (Å²) in [5, 5.41) is 11.3. The van der Waals surface area contributed by atoms with Crippen molar-refractivity contribution < 1.29 is 9.21 Å². The zero-order valence-electron chi connectivity index (χ0n) is 17.1. The molecule has 2 bridgehead atoms. The Morgan fingerprint density at radius 1 is 1.00 bits per heavy atom. The maximum atomic E-state index is 12.1. The van der Waals surface area contributed by atoms with E-state index >= 15 is 0 Å². The van der Waals surface area contributed by atoms with E-state index in [2.05, 4.69) is 51.9 Å². The van der Waals surface area contributed by atoms with E-state index in [0.29, 0.717) is 24.6 Å². The lowest BCUT2D eigenvalue weighted by Gasteiger charge is -2.17. The van der Waals surface area contributed by atoms with Crippen molar-refractivity contribution in [3.05, 3.63) is 59.8 Å². The van der Waals surface area contributed by atoms with Gasteiger partial charge in [-0.2, -0.15) is 0 Å². The van der Waals surface area contributed by atoms with Crippen LogP contribution in [0.4, 0.5) is 0 Å². The number of hydrogen-bond donors (Lipinski definition) is 1. The molecule has 4 rings (SSSR count). The average Bonchev–Trinajstić information content (AvgIpc) is 3.48. The van der Waals surface area contributed by atoms with Crippen LogP contribution in [0.3, 0.4) is 0 Å². The molecule has 2 aromatic rings. The first-order valence-corrected chi connectivity index (χ1v) is 11.1. The number of unbranched alkanes of at least 4 members (excludes halogenated alkanes) is 1. The molecule has 1 fully saturated rings. The van der Waals surface area contributed by atoms with Crippen LogP contribution < -0.4 is 5.32 Å². The standard InChI is InChI=1S/C24H31N3O2/c28-22(25-15-14-21-17-19-10-11-20(21)16-19)12-13-24-27-26-23(29-24)9-5-4-8-18-6-2-1-3-7-18/h1-3,6-7,10-11,19-21H,4-5,8-9,12-17H2,(H,25,28)/t19-,20+,21-/m1/s1. The molecule has 1 aromatic heterocycles. The summed E-state index contributed by atoms with van der Waals surface area (Å²) in [5.41, 5.74) is 1.36. The van der Waals surface area contributed by atoms with Crippen LogP contribution in [0.5, 0.6) is 0 Å². The predicted octanol–water partition coefficient (Wildman–Crippen LogP) is 4.29. The highest BCUT2D eigenvalue weighted by atomic mass is 16.4. The maximum absolute atomic E-state index is 12.1. The molecule has 2 aliphatic carbocycles. The van der Waals surface area contributed by atoms with E-state index in [1.165, 1.54) is 18.4 Å². The Morgan fingerprint density at radius 2 is 1.79 bits per heavy atom. The van der Waals surface area contributed by atoms with Crippen LogP contribution in [-0.4, -0.2) is 22.6 Å². The fourth-order valence-corrected chi connectivity index (χ4v) is 4.67. The maximum Gasteiger partial charge on any atom is 0.220 e. The van der Waals surface area contributed by atoms with Crippen LogP contribution in [-0.2, 0) is 24.1 Å². The molecule has 0 unspecified atom stereocenters. The van der Waals surface area contributed by atoms with Crippen molar-refractivity contribution in [3.63, 3.8) is 0 Å². The predicted molar refractivity (Wildman–Crippen MR) is 112 cm³/mol. The molecule has 1 heterocycles. The van der Waals surface area contributed by atoms with Gasteiger partial charge in [0.15, 0.2) is 0 Å². The Balaban J connectivity index is 1.08. The first-order chi connectivity index (χ1) is 14.3. The minimum atomic E-state index is 0.0753. The highest BCUT2D eigenvalue weighted by Gasteiger charge is 2.34. The van der Waals surface area contributed by atoms with Gasteiger partial charge >= 0.3 is 0 Å². The second-order valence-electron chi connectivity index (χ2n) is 8.46. The summed E-state index contributed by atoms with van der Waals surface area (Å²) in [6, 6.07) is 10.5. The molecule has 154 valence electrons. The Kier molecular flexibility index (Phi) is 6.75. The summed E-state index contributed by atoms with van der Waals surface area (Å²) in [4.78, 5) is 12.1. The second kappa shape index (κ2) is 9.86. The highest BCUT2D eigenvalue weighted by Crippen LogP contribution is 2.44. The number of benzene rings is 1. The van der Waals surface area contributed by atoms with Gasteiger partial charge < -0.3 is 9.73 Å². The van der Waals surface area contributed by atoms with Crippen LogP contribution in [0.1, 0.15) is 55.9 Å². The van der Waals surface area contributed by atoms with E-state index in [1.807, 2.05) is 6.07 Å². The SMILES string of the molecule is O=C(CCc1nnc(CCCCc2ccccc2)o1)NCC[C@@H]1C[C@@H]2C=C[C@H]1C2. The fraction of sp³-hybridized carbons (Fsp3) is 0.542. The minimum absolute atomic E-state index is 0.0753. The van der Waals surface area contributed by atoms with Gasteiger partial charge in [-0.3, -0.25) is 4.79 Å². The van der Waals surface area contributed by atoms with Crippen molar-refractivity contribution >= 4 is 5.91 Å².